The molecule has 148 valence electrons. The van der Waals surface area contributed by atoms with Crippen molar-refractivity contribution < 1.29 is 4.79 Å². The predicted molar refractivity (Wildman–Crippen MR) is 117 cm³/mol. The molecule has 3 rings (SSSR count). The molecule has 0 unspecified atom stereocenters. The lowest BCUT2D eigenvalue weighted by Gasteiger charge is -2.45. The third kappa shape index (κ3) is 4.56. The van der Waals surface area contributed by atoms with Crippen molar-refractivity contribution in [2.45, 2.75) is 51.5 Å². The van der Waals surface area contributed by atoms with E-state index in [4.69, 9.17) is 11.6 Å². The highest BCUT2D eigenvalue weighted by molar-refractivity contribution is 6.33. The fourth-order valence-electron chi connectivity index (χ4n) is 3.84. The molecule has 0 bridgehead atoms. The van der Waals surface area contributed by atoms with Crippen LogP contribution in [0.15, 0.2) is 47.6 Å². The maximum Gasteiger partial charge on any atom is 0.240 e. The van der Waals surface area contributed by atoms with E-state index in [1.807, 2.05) is 36.4 Å². The summed E-state index contributed by atoms with van der Waals surface area (Å²) in [6.07, 6.45) is 3.80. The minimum absolute atomic E-state index is 0.0953. The Hall–Kier alpha value is -2.33. The molecular weight excluding hydrogens is 370 g/mol. The van der Waals surface area contributed by atoms with Crippen LogP contribution in [0.1, 0.15) is 56.2 Å². The van der Waals surface area contributed by atoms with Gasteiger partial charge in [0.25, 0.3) is 0 Å². The molecule has 4 nitrogen and oxygen atoms in total. The number of amides is 1. The first-order valence-corrected chi connectivity index (χ1v) is 10.1. The van der Waals surface area contributed by atoms with Gasteiger partial charge in [-0.15, -0.1) is 0 Å². The van der Waals surface area contributed by atoms with Gasteiger partial charge in [-0.25, -0.2) is 5.43 Å². The second-order valence-corrected chi connectivity index (χ2v) is 8.60. The highest BCUT2D eigenvalue weighted by Crippen LogP contribution is 2.44. The van der Waals surface area contributed by atoms with Crippen molar-refractivity contribution in [1.29, 1.82) is 0 Å². The van der Waals surface area contributed by atoms with Gasteiger partial charge >= 0.3 is 0 Å². The fraction of sp³-hybridized carbons (Fsp3) is 0.391. The molecule has 1 aliphatic rings. The lowest BCUT2D eigenvalue weighted by Crippen LogP contribution is -2.45. The summed E-state index contributed by atoms with van der Waals surface area (Å²) in [4.78, 5) is 14.3. The summed E-state index contributed by atoms with van der Waals surface area (Å²) in [5.74, 6) is 0.329. The molecule has 1 aliphatic heterocycles. The normalized spacial score (nSPS) is 18.2. The minimum Gasteiger partial charge on any atom is -0.369 e. The zero-order chi connectivity index (χ0) is 20.3. The highest BCUT2D eigenvalue weighted by atomic mass is 35.5. The van der Waals surface area contributed by atoms with Gasteiger partial charge in [0, 0.05) is 30.3 Å². The van der Waals surface area contributed by atoms with Crippen molar-refractivity contribution in [3.05, 3.63) is 64.2 Å². The number of aryl methyl sites for hydroxylation is 1. The number of rotatable bonds is 5. The standard InChI is InChI=1S/C23H28ClN3O/c1-16-14-23(2,3)27(4)21-13-20(24)18(12-19(16)21)15-25-26-22(28)11-10-17-8-6-5-7-9-17/h5-9,12-13,15-16H,10-11,14H2,1-4H3,(H,26,28)/b25-15+/t16-/m1/s1. The average molecular weight is 398 g/mol. The summed E-state index contributed by atoms with van der Waals surface area (Å²) in [6, 6.07) is 14.0. The predicted octanol–water partition coefficient (Wildman–Crippen LogP) is 5.14. The molecule has 1 N–H and O–H groups in total. The summed E-state index contributed by atoms with van der Waals surface area (Å²) >= 11 is 6.49. The van der Waals surface area contributed by atoms with E-state index >= 15 is 0 Å². The van der Waals surface area contributed by atoms with Crippen LogP contribution < -0.4 is 10.3 Å². The Morgan fingerprint density at radius 3 is 2.75 bits per heavy atom. The molecular formula is C23H28ClN3O. The Morgan fingerprint density at radius 2 is 2.04 bits per heavy atom. The largest absolute Gasteiger partial charge is 0.369 e. The molecule has 0 saturated carbocycles. The van der Waals surface area contributed by atoms with Gasteiger partial charge in [-0.2, -0.15) is 5.10 Å². The van der Waals surface area contributed by atoms with Crippen molar-refractivity contribution >= 4 is 29.4 Å². The first-order valence-electron chi connectivity index (χ1n) is 9.71. The van der Waals surface area contributed by atoms with E-state index in [0.717, 1.165) is 23.2 Å². The second kappa shape index (κ2) is 8.36. The Morgan fingerprint density at radius 1 is 1.32 bits per heavy atom. The van der Waals surface area contributed by atoms with Crippen LogP contribution in [-0.2, 0) is 11.2 Å². The summed E-state index contributed by atoms with van der Waals surface area (Å²) in [7, 11) is 2.11. The zero-order valence-electron chi connectivity index (χ0n) is 17.0. The van der Waals surface area contributed by atoms with Crippen LogP contribution in [0.5, 0.6) is 0 Å². The SMILES string of the molecule is C[C@@H]1CC(C)(C)N(C)c2cc(Cl)c(/C=N/NC(=O)CCc3ccccc3)cc21. The molecule has 0 fully saturated rings. The van der Waals surface area contributed by atoms with Crippen molar-refractivity contribution in [3.63, 3.8) is 0 Å². The van der Waals surface area contributed by atoms with Crippen LogP contribution in [0.4, 0.5) is 5.69 Å². The smallest absolute Gasteiger partial charge is 0.240 e. The molecule has 2 aromatic rings. The Labute approximate surface area is 172 Å². The van der Waals surface area contributed by atoms with Crippen LogP contribution in [0.3, 0.4) is 0 Å². The fourth-order valence-corrected chi connectivity index (χ4v) is 4.04. The van der Waals surface area contributed by atoms with Gasteiger partial charge in [-0.05, 0) is 55.9 Å². The number of hydrazone groups is 1. The van der Waals surface area contributed by atoms with E-state index in [2.05, 4.69) is 49.3 Å². The third-order valence-corrected chi connectivity index (χ3v) is 5.96. The van der Waals surface area contributed by atoms with E-state index < -0.39 is 0 Å². The van der Waals surface area contributed by atoms with Gasteiger partial charge < -0.3 is 4.90 Å². The molecule has 0 saturated heterocycles. The number of hydrogen-bond acceptors (Lipinski definition) is 3. The molecule has 28 heavy (non-hydrogen) atoms. The first-order chi connectivity index (χ1) is 13.3. The average Bonchev–Trinajstić information content (AvgIpc) is 2.66. The van der Waals surface area contributed by atoms with Gasteiger partial charge in [0.15, 0.2) is 0 Å². The molecule has 1 atom stereocenters. The number of nitrogens with zero attached hydrogens (tertiary/aromatic N) is 2. The molecule has 0 radical (unpaired) electrons. The van der Waals surface area contributed by atoms with Gasteiger partial charge in [-0.3, -0.25) is 4.79 Å². The number of benzene rings is 2. The Kier molecular flexibility index (Phi) is 6.09. The molecule has 0 spiro atoms. The van der Waals surface area contributed by atoms with Crippen molar-refractivity contribution in [3.8, 4) is 0 Å². The van der Waals surface area contributed by atoms with E-state index in [0.29, 0.717) is 23.8 Å². The van der Waals surface area contributed by atoms with Crippen LogP contribution in [0.2, 0.25) is 5.02 Å². The van der Waals surface area contributed by atoms with Gasteiger partial charge in [0.2, 0.25) is 5.91 Å². The summed E-state index contributed by atoms with van der Waals surface area (Å²) in [5.41, 5.74) is 7.09. The first kappa shape index (κ1) is 20.4. The summed E-state index contributed by atoms with van der Waals surface area (Å²) in [5, 5.41) is 4.75. The molecule has 1 heterocycles. The Bertz CT molecular complexity index is 877. The van der Waals surface area contributed by atoms with Crippen molar-refractivity contribution in [1.82, 2.24) is 5.43 Å². The van der Waals surface area contributed by atoms with Gasteiger partial charge in [0.05, 0.1) is 11.2 Å². The van der Waals surface area contributed by atoms with Crippen LogP contribution in [-0.4, -0.2) is 24.7 Å². The number of nitrogens with one attached hydrogen (secondary N) is 1. The number of hydrogen-bond donors (Lipinski definition) is 1. The van der Waals surface area contributed by atoms with E-state index in [-0.39, 0.29) is 11.4 Å². The van der Waals surface area contributed by atoms with E-state index in [1.54, 1.807) is 6.21 Å². The molecule has 0 aromatic heterocycles. The third-order valence-electron chi connectivity index (χ3n) is 5.63. The quantitative estimate of drug-likeness (QED) is 0.560. The summed E-state index contributed by atoms with van der Waals surface area (Å²) < 4.78 is 0. The van der Waals surface area contributed by atoms with Crippen molar-refractivity contribution in [2.24, 2.45) is 5.10 Å². The van der Waals surface area contributed by atoms with Gasteiger partial charge in [0.1, 0.15) is 0 Å². The lowest BCUT2D eigenvalue weighted by atomic mass is 9.80. The summed E-state index contributed by atoms with van der Waals surface area (Å²) in [6.45, 7) is 6.75. The minimum atomic E-state index is -0.107. The molecule has 1 amide bonds. The molecule has 0 aliphatic carbocycles. The second-order valence-electron chi connectivity index (χ2n) is 8.19. The van der Waals surface area contributed by atoms with Crippen LogP contribution in [0, 0.1) is 0 Å². The molecule has 2 aromatic carbocycles. The number of anilines is 1. The number of carbonyl (C=O) groups excluding carboxylic acids is 1. The monoisotopic (exact) mass is 397 g/mol. The topological polar surface area (TPSA) is 44.7 Å². The number of fused-ring (bicyclic) bond motifs is 1. The van der Waals surface area contributed by atoms with E-state index in [9.17, 15) is 4.79 Å². The maximum atomic E-state index is 12.0. The highest BCUT2D eigenvalue weighted by Gasteiger charge is 2.34. The Balaban J connectivity index is 1.66. The molecule has 5 heteroatoms. The number of halogens is 1. The van der Waals surface area contributed by atoms with Gasteiger partial charge in [-0.1, -0.05) is 48.9 Å². The number of carbonyl (C=O) groups is 1. The maximum absolute atomic E-state index is 12.0. The lowest BCUT2D eigenvalue weighted by molar-refractivity contribution is -0.121. The van der Waals surface area contributed by atoms with E-state index in [1.165, 1.54) is 5.56 Å². The zero-order valence-corrected chi connectivity index (χ0v) is 17.8. The van der Waals surface area contributed by atoms with Crippen LogP contribution >= 0.6 is 11.6 Å². The van der Waals surface area contributed by atoms with Crippen molar-refractivity contribution in [2.75, 3.05) is 11.9 Å². The van der Waals surface area contributed by atoms with Crippen LogP contribution in [0.25, 0.3) is 0 Å².